The molecule has 0 spiro atoms. The Morgan fingerprint density at radius 1 is 1.19 bits per heavy atom. The number of anilines is 1. The highest BCUT2D eigenvalue weighted by Gasteiger charge is 2.25. The number of rotatable bonds is 8. The molecular weight excluding hydrogens is 384 g/mol. The van der Waals surface area contributed by atoms with Gasteiger partial charge in [0.15, 0.2) is 5.13 Å². The van der Waals surface area contributed by atoms with Crippen molar-refractivity contribution in [2.75, 3.05) is 31.1 Å². The Bertz CT molecular complexity index is 916. The van der Waals surface area contributed by atoms with Crippen LogP contribution in [0.5, 0.6) is 0 Å². The predicted octanol–water partition coefficient (Wildman–Crippen LogP) is 2.84. The summed E-state index contributed by atoms with van der Waals surface area (Å²) < 4.78 is 1.01. The third kappa shape index (κ3) is 4.32. The minimum atomic E-state index is -0.469. The molecule has 0 unspecified atom stereocenters. The zero-order chi connectivity index (χ0) is 19.4. The van der Waals surface area contributed by atoms with Crippen molar-refractivity contribution in [1.82, 2.24) is 4.98 Å². The van der Waals surface area contributed by atoms with E-state index in [2.05, 4.69) is 18.8 Å². The number of likely N-dealkylation sites (N-methyl/N-ethyl adjacent to an activating group) is 1. The number of fused-ring (bicyclic) bond motifs is 1. The zero-order valence-corrected chi connectivity index (χ0v) is 16.8. The number of hydrogen-bond acceptors (Lipinski definition) is 6. The van der Waals surface area contributed by atoms with Gasteiger partial charge in [-0.15, -0.1) is 0 Å². The summed E-state index contributed by atoms with van der Waals surface area (Å²) in [5.74, 6) is -0.237. The number of nitrogens with zero attached hydrogens (tertiary/aromatic N) is 3. The molecule has 1 N–H and O–H groups in total. The number of nitrogens with one attached hydrogen (secondary N) is 1. The van der Waals surface area contributed by atoms with Gasteiger partial charge in [0.25, 0.3) is 5.91 Å². The lowest BCUT2D eigenvalue weighted by Crippen LogP contribution is -3.12. The molecule has 2 heterocycles. The molecule has 0 saturated heterocycles. The normalized spacial score (nSPS) is 11.2. The Labute approximate surface area is 165 Å². The van der Waals surface area contributed by atoms with Gasteiger partial charge in [0.1, 0.15) is 0 Å². The largest absolute Gasteiger partial charge is 0.334 e. The van der Waals surface area contributed by atoms with E-state index >= 15 is 0 Å². The predicted molar refractivity (Wildman–Crippen MR) is 109 cm³/mol. The molecular formula is C18H21N4O3S2+. The van der Waals surface area contributed by atoms with Crippen LogP contribution in [0.4, 0.5) is 10.1 Å². The van der Waals surface area contributed by atoms with Crippen LogP contribution in [0.3, 0.4) is 0 Å². The maximum absolute atomic E-state index is 13.1. The van der Waals surface area contributed by atoms with E-state index in [1.807, 2.05) is 24.3 Å². The van der Waals surface area contributed by atoms with E-state index in [1.165, 1.54) is 28.4 Å². The number of carbonyl (C=O) groups is 1. The second-order valence-corrected chi connectivity index (χ2v) is 8.09. The SMILES string of the molecule is CC[NH+](CC)CCN(C(=O)c1ccc([N+](=O)[O-])s1)c1nc2ccccc2s1. The molecule has 0 atom stereocenters. The van der Waals surface area contributed by atoms with Crippen molar-refractivity contribution < 1.29 is 14.6 Å². The van der Waals surface area contributed by atoms with E-state index in [4.69, 9.17) is 0 Å². The summed E-state index contributed by atoms with van der Waals surface area (Å²) in [5.41, 5.74) is 0.850. The first-order valence-electron chi connectivity index (χ1n) is 8.78. The lowest BCUT2D eigenvalue weighted by Gasteiger charge is -2.22. The van der Waals surface area contributed by atoms with Gasteiger partial charge in [-0.3, -0.25) is 19.8 Å². The first-order valence-corrected chi connectivity index (χ1v) is 10.4. The number of aromatic nitrogens is 1. The van der Waals surface area contributed by atoms with E-state index in [1.54, 1.807) is 4.90 Å². The highest BCUT2D eigenvalue weighted by atomic mass is 32.1. The van der Waals surface area contributed by atoms with Crippen molar-refractivity contribution in [1.29, 1.82) is 0 Å². The smallest absolute Gasteiger partial charge is 0.324 e. The van der Waals surface area contributed by atoms with Crippen molar-refractivity contribution in [3.05, 3.63) is 51.4 Å². The molecule has 0 radical (unpaired) electrons. The minimum Gasteiger partial charge on any atom is -0.334 e. The van der Waals surface area contributed by atoms with Crippen LogP contribution in [0, 0.1) is 10.1 Å². The lowest BCUT2D eigenvalue weighted by atomic mass is 10.3. The molecule has 0 fully saturated rings. The molecule has 0 aliphatic heterocycles. The van der Waals surface area contributed by atoms with E-state index in [0.717, 1.165) is 41.2 Å². The molecule has 0 aliphatic rings. The topological polar surface area (TPSA) is 80.8 Å². The Kier molecular flexibility index (Phi) is 6.15. The van der Waals surface area contributed by atoms with Crippen molar-refractivity contribution in [2.24, 2.45) is 0 Å². The van der Waals surface area contributed by atoms with Crippen LogP contribution in [0.2, 0.25) is 0 Å². The van der Waals surface area contributed by atoms with Crippen LogP contribution in [-0.2, 0) is 0 Å². The molecule has 7 nitrogen and oxygen atoms in total. The maximum Gasteiger partial charge on any atom is 0.324 e. The van der Waals surface area contributed by atoms with Gasteiger partial charge < -0.3 is 4.90 Å². The maximum atomic E-state index is 13.1. The highest BCUT2D eigenvalue weighted by molar-refractivity contribution is 7.22. The summed E-state index contributed by atoms with van der Waals surface area (Å²) in [5, 5.41) is 11.6. The monoisotopic (exact) mass is 405 g/mol. The summed E-state index contributed by atoms with van der Waals surface area (Å²) in [6.45, 7) is 7.49. The van der Waals surface area contributed by atoms with E-state index in [-0.39, 0.29) is 10.9 Å². The molecule has 1 amide bonds. The average molecular weight is 406 g/mol. The van der Waals surface area contributed by atoms with Gasteiger partial charge in [-0.05, 0) is 32.0 Å². The zero-order valence-electron chi connectivity index (χ0n) is 15.2. The number of carbonyl (C=O) groups excluding carboxylic acids is 1. The van der Waals surface area contributed by atoms with Gasteiger partial charge in [0, 0.05) is 6.07 Å². The van der Waals surface area contributed by atoms with Crippen molar-refractivity contribution in [3.63, 3.8) is 0 Å². The number of nitro groups is 1. The summed E-state index contributed by atoms with van der Waals surface area (Å²) in [7, 11) is 0. The molecule has 0 bridgehead atoms. The number of para-hydroxylation sites is 1. The standard InChI is InChI=1S/C18H20N4O3S2/c1-3-20(4-2)11-12-21(17(23)15-9-10-16(26-15)22(24)25)18-19-13-7-5-6-8-14(13)27-18/h5-10H,3-4,11-12H2,1-2H3/p+1. The van der Waals surface area contributed by atoms with Gasteiger partial charge in [-0.1, -0.05) is 34.8 Å². The number of thiophene rings is 1. The molecule has 0 aliphatic carbocycles. The van der Waals surface area contributed by atoms with Gasteiger partial charge >= 0.3 is 5.00 Å². The summed E-state index contributed by atoms with van der Waals surface area (Å²) >= 11 is 2.37. The number of benzene rings is 1. The fourth-order valence-electron chi connectivity index (χ4n) is 2.81. The van der Waals surface area contributed by atoms with Gasteiger partial charge in [-0.2, -0.15) is 0 Å². The summed E-state index contributed by atoms with van der Waals surface area (Å²) in [4.78, 5) is 31.6. The molecule has 0 saturated carbocycles. The van der Waals surface area contributed by atoms with E-state index in [0.29, 0.717) is 16.6 Å². The lowest BCUT2D eigenvalue weighted by molar-refractivity contribution is -0.894. The second kappa shape index (κ2) is 8.55. The van der Waals surface area contributed by atoms with Crippen molar-refractivity contribution in [2.45, 2.75) is 13.8 Å². The van der Waals surface area contributed by atoms with E-state index in [9.17, 15) is 14.9 Å². The van der Waals surface area contributed by atoms with Crippen LogP contribution < -0.4 is 9.80 Å². The third-order valence-electron chi connectivity index (χ3n) is 4.43. The van der Waals surface area contributed by atoms with Crippen LogP contribution in [-0.4, -0.2) is 42.0 Å². The summed E-state index contributed by atoms with van der Waals surface area (Å²) in [6.07, 6.45) is 0. The number of amides is 1. The van der Waals surface area contributed by atoms with Crippen molar-refractivity contribution >= 4 is 48.9 Å². The first-order chi connectivity index (χ1) is 13.0. The van der Waals surface area contributed by atoms with E-state index < -0.39 is 4.92 Å². The summed E-state index contributed by atoms with van der Waals surface area (Å²) in [6, 6.07) is 10.7. The fourth-order valence-corrected chi connectivity index (χ4v) is 4.57. The number of thiazole rings is 1. The Balaban J connectivity index is 1.92. The number of hydrogen-bond donors (Lipinski definition) is 1. The first kappa shape index (κ1) is 19.4. The van der Waals surface area contributed by atoms with Crippen LogP contribution in [0.15, 0.2) is 36.4 Å². The number of quaternary nitrogens is 1. The quantitative estimate of drug-likeness (QED) is 0.462. The highest BCUT2D eigenvalue weighted by Crippen LogP contribution is 2.31. The minimum absolute atomic E-state index is 0.0306. The Hall–Kier alpha value is -2.36. The fraction of sp³-hybridized carbons (Fsp3) is 0.333. The third-order valence-corrected chi connectivity index (χ3v) is 6.51. The molecule has 142 valence electrons. The van der Waals surface area contributed by atoms with Gasteiger partial charge in [0.2, 0.25) is 0 Å². The average Bonchev–Trinajstić information content (AvgIpc) is 3.32. The second-order valence-electron chi connectivity index (χ2n) is 6.02. The molecule has 3 rings (SSSR count). The molecule has 27 heavy (non-hydrogen) atoms. The van der Waals surface area contributed by atoms with Crippen molar-refractivity contribution in [3.8, 4) is 0 Å². The molecule has 9 heteroatoms. The van der Waals surface area contributed by atoms with Gasteiger partial charge in [-0.25, -0.2) is 4.98 Å². The van der Waals surface area contributed by atoms with Crippen LogP contribution in [0.25, 0.3) is 10.2 Å². The Morgan fingerprint density at radius 2 is 1.93 bits per heavy atom. The Morgan fingerprint density at radius 3 is 2.56 bits per heavy atom. The molecule has 2 aromatic heterocycles. The van der Waals surface area contributed by atoms with Crippen LogP contribution >= 0.6 is 22.7 Å². The molecule has 1 aromatic carbocycles. The molecule has 3 aromatic rings. The van der Waals surface area contributed by atoms with Crippen LogP contribution in [0.1, 0.15) is 23.5 Å². The van der Waals surface area contributed by atoms with Gasteiger partial charge in [0.05, 0.1) is 46.2 Å².